The molecular weight excluding hydrogens is 982 g/mol. The number of nitrogens with one attached hydrogen (secondary N) is 2. The largest absolute Gasteiger partial charge is 0.474 e. The summed E-state index contributed by atoms with van der Waals surface area (Å²) in [4.78, 5) is 59.5. The predicted octanol–water partition coefficient (Wildman–Crippen LogP) is 8.96. The van der Waals surface area contributed by atoms with E-state index in [-0.39, 0.29) is 61.2 Å². The number of carbonyl (C=O) groups excluding carboxylic acids is 3. The highest BCUT2D eigenvalue weighted by Gasteiger charge is 2.43. The minimum atomic E-state index is -0.847. The first-order valence-electron chi connectivity index (χ1n) is 24.5. The number of aliphatic imine (C=N–C) groups is 2. The van der Waals surface area contributed by atoms with E-state index in [1.807, 2.05) is 106 Å². The molecule has 0 spiro atoms. The van der Waals surface area contributed by atoms with Crippen LogP contribution in [0.4, 0.5) is 0 Å². The fraction of sp³-hybridized carbons (Fsp3) is 0.389. The van der Waals surface area contributed by atoms with E-state index in [1.54, 1.807) is 46.2 Å². The topological polar surface area (TPSA) is 194 Å². The van der Waals surface area contributed by atoms with Gasteiger partial charge in [0, 0.05) is 87.4 Å². The molecule has 6 heterocycles. The molecule has 2 fully saturated rings. The summed E-state index contributed by atoms with van der Waals surface area (Å²) >= 11 is 9.54. The van der Waals surface area contributed by atoms with Crippen molar-refractivity contribution in [2.45, 2.75) is 117 Å². The van der Waals surface area contributed by atoms with Crippen molar-refractivity contribution >= 4 is 69.8 Å². The van der Waals surface area contributed by atoms with E-state index in [0.29, 0.717) is 29.6 Å². The molecule has 0 bridgehead atoms. The third kappa shape index (κ3) is 10.7. The van der Waals surface area contributed by atoms with Gasteiger partial charge in [-0.05, 0) is 88.4 Å². The molecule has 2 aromatic carbocycles. The highest BCUT2D eigenvalue weighted by atomic mass is 35.5. The van der Waals surface area contributed by atoms with Gasteiger partial charge in [0.05, 0.1) is 36.2 Å². The average Bonchev–Trinajstić information content (AvgIpc) is 4.14. The molecule has 1 aliphatic carbocycles. The summed E-state index contributed by atoms with van der Waals surface area (Å²) in [5.41, 5.74) is 8.14. The predicted molar refractivity (Wildman–Crippen MR) is 288 cm³/mol. The number of thioether (sulfide) groups is 1. The fourth-order valence-corrected chi connectivity index (χ4v) is 11.9. The van der Waals surface area contributed by atoms with Gasteiger partial charge in [0.1, 0.15) is 35.1 Å². The van der Waals surface area contributed by atoms with Gasteiger partial charge in [-0.3, -0.25) is 33.6 Å². The first-order chi connectivity index (χ1) is 35.0. The van der Waals surface area contributed by atoms with Crippen molar-refractivity contribution in [3.8, 4) is 22.0 Å². The SMILES string of the molecule is C=N/C(C)=C(\SC)c1ccc([C@H](C)NC(=O)[C@@H]2C[C@@H](O)CN2C(=O)[C@@H](C(C)C)n2cc(-c3ccc(O[C@H]4C[C@H](NC(=O)C[C@@H]5N=C(c6ccc(Cl)cc6)c6c(sc(C)c6C)-n6c(C)nnc65)C4)nc3)cn2)cc1. The first kappa shape index (κ1) is 51.4. The Hall–Kier alpha value is -6.47. The van der Waals surface area contributed by atoms with Gasteiger partial charge in [0.2, 0.25) is 23.6 Å². The monoisotopic (exact) mass is 1040 g/mol. The molecule has 19 heteroatoms. The summed E-state index contributed by atoms with van der Waals surface area (Å²) in [6.07, 6.45) is 7.70. The van der Waals surface area contributed by atoms with Crippen molar-refractivity contribution in [2.75, 3.05) is 12.8 Å². The summed E-state index contributed by atoms with van der Waals surface area (Å²) in [7, 11) is 0. The number of rotatable bonds is 16. The summed E-state index contributed by atoms with van der Waals surface area (Å²) in [5.74, 6) is 0.880. The number of β-amino-alcohol motifs (C(OH)–C–C–N with tert-alkyl or cyclic N) is 1. The van der Waals surface area contributed by atoms with Gasteiger partial charge in [-0.15, -0.1) is 33.3 Å². The number of benzene rings is 2. The van der Waals surface area contributed by atoms with Crippen LogP contribution in [0.2, 0.25) is 5.02 Å². The molecule has 73 heavy (non-hydrogen) atoms. The Bertz CT molecular complexity index is 3100. The van der Waals surface area contributed by atoms with Crippen LogP contribution in [0.25, 0.3) is 21.0 Å². The Morgan fingerprint density at radius 1 is 0.973 bits per heavy atom. The highest BCUT2D eigenvalue weighted by molar-refractivity contribution is 8.07. The standard InChI is InChI=1S/C54H60ClN11O5S2/c1-28(2)49(53(70)64-27-41(67)22-44(64)52(69)59-30(4)34-10-12-36(13-11-34)50(72-9)31(5)56-8)65-26-38(25-58-65)37-16-19-46(57-24-37)71-42-20-40(21-42)60-45(68)23-43-51-63-62-33(7)66(51)54-47(29(3)32(6)73-54)48(61-43)35-14-17-39(55)18-15-35/h10-19,24-26,28,30,40-44,49,67H,8,20-23,27H2,1-7,9H3,(H,59,69)(H,60,68)/b50-31-/t30-,40-,41+,42-,43-,44-,49+/m0/s1. The minimum Gasteiger partial charge on any atom is -0.474 e. The maximum Gasteiger partial charge on any atom is 0.248 e. The van der Waals surface area contributed by atoms with Gasteiger partial charge in [-0.2, -0.15) is 5.10 Å². The molecule has 6 aromatic rings. The Morgan fingerprint density at radius 3 is 2.37 bits per heavy atom. The molecular formula is C54H60ClN11O5S2. The molecule has 4 aromatic heterocycles. The van der Waals surface area contributed by atoms with E-state index in [4.69, 9.17) is 21.3 Å². The van der Waals surface area contributed by atoms with Crippen LogP contribution in [0.3, 0.4) is 0 Å². The number of aromatic nitrogens is 6. The quantitative estimate of drug-likeness (QED) is 0.0788. The number of aliphatic hydroxyl groups is 1. The van der Waals surface area contributed by atoms with Gasteiger partial charge in [-0.1, -0.05) is 61.8 Å². The summed E-state index contributed by atoms with van der Waals surface area (Å²) in [6.45, 7) is 17.5. The van der Waals surface area contributed by atoms with Crippen LogP contribution >= 0.6 is 34.7 Å². The zero-order chi connectivity index (χ0) is 51.8. The number of allylic oxidation sites excluding steroid dienone is 1. The molecule has 1 saturated heterocycles. The maximum atomic E-state index is 14.4. The van der Waals surface area contributed by atoms with Gasteiger partial charge < -0.3 is 25.4 Å². The smallest absolute Gasteiger partial charge is 0.248 e. The molecule has 2 aliphatic heterocycles. The molecule has 380 valence electrons. The number of aliphatic hydroxyl groups excluding tert-OH is 1. The maximum absolute atomic E-state index is 14.4. The third-order valence-electron chi connectivity index (χ3n) is 14.0. The number of likely N-dealkylation sites (tertiary alicyclic amines) is 1. The Kier molecular flexibility index (Phi) is 15.2. The fourth-order valence-electron chi connectivity index (χ4n) is 9.85. The summed E-state index contributed by atoms with van der Waals surface area (Å²) in [6, 6.07) is 16.7. The first-order valence-corrected chi connectivity index (χ1v) is 26.9. The Balaban J connectivity index is 0.799. The van der Waals surface area contributed by atoms with Crippen molar-refractivity contribution in [2.24, 2.45) is 15.9 Å². The van der Waals surface area contributed by atoms with E-state index in [9.17, 15) is 19.5 Å². The normalized spacial score (nSPS) is 20.5. The second-order valence-electron chi connectivity index (χ2n) is 19.4. The van der Waals surface area contributed by atoms with Gasteiger partial charge >= 0.3 is 0 Å². The van der Waals surface area contributed by atoms with Crippen LogP contribution < -0.4 is 15.4 Å². The molecule has 1 saturated carbocycles. The second-order valence-corrected chi connectivity index (χ2v) is 21.8. The van der Waals surface area contributed by atoms with Gasteiger partial charge in [0.15, 0.2) is 5.82 Å². The molecule has 5 atom stereocenters. The van der Waals surface area contributed by atoms with Crippen LogP contribution in [0.5, 0.6) is 5.88 Å². The summed E-state index contributed by atoms with van der Waals surface area (Å²) in [5, 5.41) is 32.2. The number of nitrogens with zero attached hydrogens (tertiary/aromatic N) is 9. The van der Waals surface area contributed by atoms with E-state index >= 15 is 0 Å². The number of fused-ring (bicyclic) bond motifs is 3. The molecule has 3 amide bonds. The summed E-state index contributed by atoms with van der Waals surface area (Å²) < 4.78 is 9.90. The van der Waals surface area contributed by atoms with Gasteiger partial charge in [-0.25, -0.2) is 4.98 Å². The van der Waals surface area contributed by atoms with Crippen LogP contribution in [-0.4, -0.2) is 107 Å². The van der Waals surface area contributed by atoms with E-state index < -0.39 is 24.2 Å². The van der Waals surface area contributed by atoms with E-state index in [2.05, 4.69) is 56.5 Å². The number of ether oxygens (including phenoxy) is 1. The average molecular weight is 1040 g/mol. The van der Waals surface area contributed by atoms with Crippen LogP contribution in [-0.2, 0) is 14.4 Å². The molecule has 9 rings (SSSR count). The molecule has 0 radical (unpaired) electrons. The molecule has 3 N–H and O–H groups in total. The van der Waals surface area contributed by atoms with Crippen molar-refractivity contribution < 1.29 is 24.2 Å². The number of pyridine rings is 1. The molecule has 16 nitrogen and oxygen atoms in total. The van der Waals surface area contributed by atoms with Crippen molar-refractivity contribution in [3.63, 3.8) is 0 Å². The van der Waals surface area contributed by atoms with E-state index in [0.717, 1.165) is 66.1 Å². The van der Waals surface area contributed by atoms with Crippen LogP contribution in [0, 0.1) is 26.7 Å². The van der Waals surface area contributed by atoms with Crippen LogP contribution in [0.15, 0.2) is 94.9 Å². The lowest BCUT2D eigenvalue weighted by Gasteiger charge is -2.35. The van der Waals surface area contributed by atoms with Crippen molar-refractivity contribution in [1.82, 2.24) is 45.1 Å². The van der Waals surface area contributed by atoms with Gasteiger partial charge in [0.25, 0.3) is 0 Å². The number of thiophene rings is 1. The molecule has 3 aliphatic rings. The van der Waals surface area contributed by atoms with Crippen molar-refractivity contribution in [1.29, 1.82) is 0 Å². The second kappa shape index (κ2) is 21.5. The van der Waals surface area contributed by atoms with Crippen molar-refractivity contribution in [3.05, 3.63) is 134 Å². The third-order valence-corrected chi connectivity index (χ3v) is 16.4. The Labute approximate surface area is 438 Å². The zero-order valence-corrected chi connectivity index (χ0v) is 44.6. The number of hydrogen-bond acceptors (Lipinski definition) is 13. The lowest BCUT2D eigenvalue weighted by Crippen LogP contribution is -2.49. The number of aryl methyl sites for hydroxylation is 2. The number of amides is 3. The number of carbonyl (C=O) groups is 3. The lowest BCUT2D eigenvalue weighted by molar-refractivity contribution is -0.142. The van der Waals surface area contributed by atoms with E-state index in [1.165, 1.54) is 9.78 Å². The van der Waals surface area contributed by atoms with Crippen LogP contribution in [0.1, 0.15) is 116 Å². The minimum absolute atomic E-state index is 0.0421. The zero-order valence-electron chi connectivity index (χ0n) is 42.2. The number of hydrogen-bond donors (Lipinski definition) is 3. The lowest BCUT2D eigenvalue weighted by atomic mass is 9.89. The number of halogens is 1. The highest BCUT2D eigenvalue weighted by Crippen LogP contribution is 2.40. The Morgan fingerprint density at radius 2 is 1.70 bits per heavy atom. The molecule has 0 unspecified atom stereocenters.